The van der Waals surface area contributed by atoms with E-state index >= 15 is 0 Å². The van der Waals surface area contributed by atoms with Crippen molar-refractivity contribution in [3.63, 3.8) is 0 Å². The molecule has 0 aromatic rings. The summed E-state index contributed by atoms with van der Waals surface area (Å²) < 4.78 is 25.1. The van der Waals surface area contributed by atoms with Crippen molar-refractivity contribution in [2.75, 3.05) is 13.2 Å². The van der Waals surface area contributed by atoms with Crippen molar-refractivity contribution >= 4 is 27.2 Å². The molecule has 1 unspecified atom stereocenters. The van der Waals surface area contributed by atoms with E-state index in [1.807, 2.05) is 0 Å². The standard InChI is InChI=1S/C10H13FNO6P/c1-3-8(13)16-5-7(6-17-9(14)4-2)12-10(15)18-19-11/h3-4,7,19H,1-2,5-6H2,(H,12,15). The number of halogens is 1. The summed E-state index contributed by atoms with van der Waals surface area (Å²) in [6, 6.07) is -0.878. The Morgan fingerprint density at radius 3 is 2.00 bits per heavy atom. The molecule has 106 valence electrons. The third-order valence-electron chi connectivity index (χ3n) is 1.64. The highest BCUT2D eigenvalue weighted by Crippen LogP contribution is 2.11. The van der Waals surface area contributed by atoms with Crippen LogP contribution in [0.2, 0.25) is 0 Å². The van der Waals surface area contributed by atoms with Gasteiger partial charge in [-0.25, -0.2) is 14.4 Å². The van der Waals surface area contributed by atoms with E-state index in [9.17, 15) is 18.6 Å². The molecule has 0 saturated carbocycles. The topological polar surface area (TPSA) is 90.9 Å². The van der Waals surface area contributed by atoms with Gasteiger partial charge < -0.3 is 19.3 Å². The Morgan fingerprint density at radius 2 is 1.63 bits per heavy atom. The molecule has 19 heavy (non-hydrogen) atoms. The van der Waals surface area contributed by atoms with Crippen molar-refractivity contribution in [1.82, 2.24) is 5.32 Å². The second-order valence-corrected chi connectivity index (χ2v) is 3.33. The Bertz CT molecular complexity index is 338. The van der Waals surface area contributed by atoms with Gasteiger partial charge in [0.15, 0.2) is 0 Å². The Kier molecular flexibility index (Phi) is 8.99. The lowest BCUT2D eigenvalue weighted by Crippen LogP contribution is -2.42. The van der Waals surface area contributed by atoms with Crippen LogP contribution in [0.3, 0.4) is 0 Å². The molecule has 0 aliphatic rings. The average Bonchev–Trinajstić information content (AvgIpc) is 2.41. The van der Waals surface area contributed by atoms with Crippen molar-refractivity contribution in [2.24, 2.45) is 0 Å². The molecule has 9 heteroatoms. The van der Waals surface area contributed by atoms with Crippen LogP contribution in [-0.4, -0.2) is 37.3 Å². The number of esters is 2. The predicted octanol–water partition coefficient (Wildman–Crippen LogP) is 1.02. The lowest BCUT2D eigenvalue weighted by molar-refractivity contribution is -0.141. The zero-order valence-electron chi connectivity index (χ0n) is 9.89. The second kappa shape index (κ2) is 10.0. The Labute approximate surface area is 110 Å². The number of hydrogen-bond donors (Lipinski definition) is 1. The van der Waals surface area contributed by atoms with E-state index in [1.54, 1.807) is 0 Å². The molecule has 0 rings (SSSR count). The Hall–Kier alpha value is -1.95. The predicted molar refractivity (Wildman–Crippen MR) is 65.1 cm³/mol. The first-order valence-corrected chi connectivity index (χ1v) is 5.73. The van der Waals surface area contributed by atoms with Crippen LogP contribution in [0.4, 0.5) is 8.99 Å². The van der Waals surface area contributed by atoms with E-state index in [0.717, 1.165) is 12.2 Å². The largest absolute Gasteiger partial charge is 0.460 e. The fourth-order valence-electron chi connectivity index (χ4n) is 0.846. The van der Waals surface area contributed by atoms with Gasteiger partial charge in [0.2, 0.25) is 0 Å². The maximum Gasteiger partial charge on any atom is 0.412 e. The van der Waals surface area contributed by atoms with Gasteiger partial charge in [-0.15, -0.1) is 0 Å². The van der Waals surface area contributed by atoms with Crippen molar-refractivity contribution in [1.29, 1.82) is 0 Å². The van der Waals surface area contributed by atoms with Gasteiger partial charge >= 0.3 is 18.0 Å². The van der Waals surface area contributed by atoms with E-state index in [2.05, 4.69) is 32.5 Å². The number of ether oxygens (including phenoxy) is 2. The summed E-state index contributed by atoms with van der Waals surface area (Å²) in [5, 5.41) is 2.16. The van der Waals surface area contributed by atoms with Crippen molar-refractivity contribution in [3.8, 4) is 0 Å². The number of amides is 1. The molecule has 1 amide bonds. The van der Waals surface area contributed by atoms with Crippen LogP contribution >= 0.6 is 9.12 Å². The molecule has 0 saturated heterocycles. The number of hydrogen-bond acceptors (Lipinski definition) is 6. The molecule has 0 spiro atoms. The Balaban J connectivity index is 4.31. The summed E-state index contributed by atoms with van der Waals surface area (Å²) in [5.74, 6) is -1.44. The molecule has 0 fully saturated rings. The lowest BCUT2D eigenvalue weighted by Gasteiger charge is -2.17. The van der Waals surface area contributed by atoms with E-state index in [4.69, 9.17) is 0 Å². The van der Waals surface area contributed by atoms with E-state index in [0.29, 0.717) is 0 Å². The fourth-order valence-corrected chi connectivity index (χ4v) is 0.975. The molecule has 0 aliphatic heterocycles. The summed E-state index contributed by atoms with van der Waals surface area (Å²) in [7, 11) is -1.53. The number of carbonyl (C=O) groups is 3. The van der Waals surface area contributed by atoms with Crippen LogP contribution in [0.15, 0.2) is 25.3 Å². The molecule has 1 atom stereocenters. The molecule has 0 radical (unpaired) electrons. The van der Waals surface area contributed by atoms with E-state index in [-0.39, 0.29) is 13.2 Å². The van der Waals surface area contributed by atoms with Crippen molar-refractivity contribution in [2.45, 2.75) is 6.04 Å². The summed E-state index contributed by atoms with van der Waals surface area (Å²) in [6.07, 6.45) is 0.789. The molecular formula is C10H13FNO6P. The van der Waals surface area contributed by atoms with Crippen molar-refractivity contribution < 1.29 is 32.6 Å². The number of rotatable bonds is 8. The summed E-state index contributed by atoms with van der Waals surface area (Å²) >= 11 is 0. The normalized spacial score (nSPS) is 10.0. The summed E-state index contributed by atoms with van der Waals surface area (Å²) in [4.78, 5) is 32.7. The van der Waals surface area contributed by atoms with Gasteiger partial charge in [-0.2, -0.15) is 4.20 Å². The quantitative estimate of drug-likeness (QED) is 0.311. The minimum atomic E-state index is -1.53. The second-order valence-electron chi connectivity index (χ2n) is 2.98. The SMILES string of the molecule is C=CC(=O)OCC(COC(=O)C=C)NC(=O)OPF. The molecule has 0 bridgehead atoms. The van der Waals surface area contributed by atoms with Crippen LogP contribution in [0.1, 0.15) is 0 Å². The van der Waals surface area contributed by atoms with E-state index < -0.39 is 33.2 Å². The van der Waals surface area contributed by atoms with Gasteiger partial charge in [-0.3, -0.25) is 0 Å². The first kappa shape index (κ1) is 17.1. The molecular weight excluding hydrogens is 280 g/mol. The highest BCUT2D eigenvalue weighted by Gasteiger charge is 2.17. The monoisotopic (exact) mass is 293 g/mol. The maximum absolute atomic E-state index is 11.8. The molecule has 0 heterocycles. The minimum absolute atomic E-state index is 0.292. The summed E-state index contributed by atoms with van der Waals surface area (Å²) in [6.45, 7) is 5.78. The maximum atomic E-state index is 11.8. The highest BCUT2D eigenvalue weighted by molar-refractivity contribution is 7.26. The molecule has 0 aliphatic carbocycles. The smallest absolute Gasteiger partial charge is 0.412 e. The molecule has 1 N–H and O–H groups in total. The minimum Gasteiger partial charge on any atom is -0.460 e. The van der Waals surface area contributed by atoms with Crippen LogP contribution < -0.4 is 5.32 Å². The highest BCUT2D eigenvalue weighted by atomic mass is 31.1. The van der Waals surface area contributed by atoms with Gasteiger partial charge in [0.1, 0.15) is 19.3 Å². The van der Waals surface area contributed by atoms with Crippen LogP contribution in [0, 0.1) is 0 Å². The number of carbonyl (C=O) groups excluding carboxylic acids is 3. The zero-order chi connectivity index (χ0) is 14.7. The zero-order valence-corrected chi connectivity index (χ0v) is 10.9. The lowest BCUT2D eigenvalue weighted by atomic mass is 10.3. The fraction of sp³-hybridized carbons (Fsp3) is 0.300. The first-order chi connectivity index (χ1) is 9.03. The Morgan fingerprint density at radius 1 is 1.16 bits per heavy atom. The number of nitrogens with one attached hydrogen (secondary N) is 1. The van der Waals surface area contributed by atoms with Crippen LogP contribution in [0.25, 0.3) is 0 Å². The molecule has 0 aromatic heterocycles. The molecule has 0 aromatic carbocycles. The van der Waals surface area contributed by atoms with Crippen molar-refractivity contribution in [3.05, 3.63) is 25.3 Å². The third kappa shape index (κ3) is 8.73. The van der Waals surface area contributed by atoms with Gasteiger partial charge in [0.25, 0.3) is 9.12 Å². The van der Waals surface area contributed by atoms with Crippen LogP contribution in [-0.2, 0) is 23.6 Å². The van der Waals surface area contributed by atoms with Gasteiger partial charge in [-0.1, -0.05) is 13.2 Å². The third-order valence-corrected chi connectivity index (χ3v) is 1.90. The average molecular weight is 293 g/mol. The van der Waals surface area contributed by atoms with Gasteiger partial charge in [0, 0.05) is 12.2 Å². The molecule has 7 nitrogen and oxygen atoms in total. The van der Waals surface area contributed by atoms with Gasteiger partial charge in [0.05, 0.1) is 0 Å². The van der Waals surface area contributed by atoms with Crippen LogP contribution in [0.5, 0.6) is 0 Å². The summed E-state index contributed by atoms with van der Waals surface area (Å²) in [5.41, 5.74) is 0. The first-order valence-electron chi connectivity index (χ1n) is 4.94. The van der Waals surface area contributed by atoms with E-state index in [1.165, 1.54) is 0 Å². The van der Waals surface area contributed by atoms with Gasteiger partial charge in [-0.05, 0) is 0 Å².